The van der Waals surface area contributed by atoms with E-state index in [-0.39, 0.29) is 0 Å². The second-order valence-electron chi connectivity index (χ2n) is 3.42. The van der Waals surface area contributed by atoms with Crippen molar-refractivity contribution in [2.45, 2.75) is 6.54 Å². The average Bonchev–Trinajstić information content (AvgIpc) is 2.74. The zero-order valence-corrected chi connectivity index (χ0v) is 11.9. The Balaban J connectivity index is 2.11. The van der Waals surface area contributed by atoms with Crippen molar-refractivity contribution in [3.8, 4) is 6.07 Å². The van der Waals surface area contributed by atoms with Crippen LogP contribution in [0, 0.1) is 11.3 Å². The van der Waals surface area contributed by atoms with Gasteiger partial charge in [0, 0.05) is 6.54 Å². The van der Waals surface area contributed by atoms with Crippen molar-refractivity contribution >= 4 is 44.6 Å². The molecule has 0 bridgehead atoms. The lowest BCUT2D eigenvalue weighted by Crippen LogP contribution is -1.99. The minimum absolute atomic E-state index is 0.600. The first-order chi connectivity index (χ1) is 8.19. The molecule has 0 saturated carbocycles. The van der Waals surface area contributed by atoms with Crippen molar-refractivity contribution in [2.24, 2.45) is 0 Å². The van der Waals surface area contributed by atoms with Crippen LogP contribution in [0.15, 0.2) is 33.4 Å². The number of hydrogen-bond donors (Lipinski definition) is 1. The lowest BCUT2D eigenvalue weighted by molar-refractivity contribution is 1.16. The minimum atomic E-state index is 0.600. The predicted octanol–water partition coefficient (Wildman–Crippen LogP) is 4.65. The Morgan fingerprint density at radius 2 is 2.24 bits per heavy atom. The molecule has 1 aromatic carbocycles. The van der Waals surface area contributed by atoms with Crippen molar-refractivity contribution in [3.05, 3.63) is 49.6 Å². The zero-order valence-electron chi connectivity index (χ0n) is 8.71. The van der Waals surface area contributed by atoms with Gasteiger partial charge in [-0.1, -0.05) is 11.6 Å². The van der Waals surface area contributed by atoms with Crippen molar-refractivity contribution in [1.29, 1.82) is 5.26 Å². The number of thiophene rings is 1. The molecule has 2 nitrogen and oxygen atoms in total. The van der Waals surface area contributed by atoms with Crippen LogP contribution >= 0.6 is 38.9 Å². The zero-order chi connectivity index (χ0) is 12.3. The number of nitriles is 1. The van der Waals surface area contributed by atoms with Gasteiger partial charge in [0.25, 0.3) is 0 Å². The van der Waals surface area contributed by atoms with E-state index < -0.39 is 0 Å². The van der Waals surface area contributed by atoms with Gasteiger partial charge in [0.1, 0.15) is 0 Å². The highest BCUT2D eigenvalue weighted by Crippen LogP contribution is 2.25. The van der Waals surface area contributed by atoms with Gasteiger partial charge in [-0.3, -0.25) is 0 Å². The lowest BCUT2D eigenvalue weighted by Gasteiger charge is -2.07. The molecule has 0 aliphatic rings. The maximum Gasteiger partial charge on any atom is 0.0992 e. The van der Waals surface area contributed by atoms with Gasteiger partial charge < -0.3 is 5.32 Å². The molecule has 2 aromatic rings. The van der Waals surface area contributed by atoms with E-state index >= 15 is 0 Å². The molecule has 0 amide bonds. The molecule has 0 fully saturated rings. The van der Waals surface area contributed by atoms with Crippen molar-refractivity contribution in [2.75, 3.05) is 5.32 Å². The Hall–Kier alpha value is -1.02. The van der Waals surface area contributed by atoms with Crippen LogP contribution in [0.25, 0.3) is 0 Å². The molecule has 0 aliphatic carbocycles. The van der Waals surface area contributed by atoms with E-state index in [9.17, 15) is 0 Å². The number of rotatable bonds is 3. The molecule has 1 aromatic heterocycles. The van der Waals surface area contributed by atoms with Gasteiger partial charge in [0.2, 0.25) is 0 Å². The number of nitrogens with one attached hydrogen (secondary N) is 1. The third-order valence-corrected chi connectivity index (χ3v) is 4.08. The maximum atomic E-state index is 8.82. The van der Waals surface area contributed by atoms with E-state index in [2.05, 4.69) is 38.8 Å². The van der Waals surface area contributed by atoms with Crippen molar-refractivity contribution in [1.82, 2.24) is 0 Å². The molecule has 1 heterocycles. The summed E-state index contributed by atoms with van der Waals surface area (Å²) in [5.74, 6) is 0. The van der Waals surface area contributed by atoms with Crippen LogP contribution in [0.5, 0.6) is 0 Å². The molecule has 0 spiro atoms. The molecule has 86 valence electrons. The standard InChI is InChI=1S/C12H8BrClN2S/c13-12-4-9(7-17-12)6-16-11-3-8(5-15)1-2-10(11)14/h1-4,7,16H,6H2. The molecule has 0 radical (unpaired) electrons. The molecule has 17 heavy (non-hydrogen) atoms. The summed E-state index contributed by atoms with van der Waals surface area (Å²) in [5, 5.41) is 14.7. The smallest absolute Gasteiger partial charge is 0.0992 e. The molecule has 2 rings (SSSR count). The topological polar surface area (TPSA) is 35.8 Å². The van der Waals surface area contributed by atoms with Crippen LogP contribution in [0.3, 0.4) is 0 Å². The van der Waals surface area contributed by atoms with E-state index in [1.807, 2.05) is 0 Å². The summed E-state index contributed by atoms with van der Waals surface area (Å²) in [6.45, 7) is 0.691. The molecule has 0 unspecified atom stereocenters. The van der Waals surface area contributed by atoms with Gasteiger partial charge in [0.05, 0.1) is 26.1 Å². The van der Waals surface area contributed by atoms with Gasteiger partial charge in [-0.05, 0) is 51.1 Å². The summed E-state index contributed by atoms with van der Waals surface area (Å²) in [5.41, 5.74) is 2.57. The summed E-state index contributed by atoms with van der Waals surface area (Å²) < 4.78 is 1.10. The fourth-order valence-corrected chi connectivity index (χ4v) is 2.76. The molecule has 5 heteroatoms. The number of halogens is 2. The van der Waals surface area contributed by atoms with Crippen LogP contribution in [-0.4, -0.2) is 0 Å². The minimum Gasteiger partial charge on any atom is -0.380 e. The first-order valence-electron chi connectivity index (χ1n) is 4.85. The van der Waals surface area contributed by atoms with Crippen molar-refractivity contribution in [3.63, 3.8) is 0 Å². The summed E-state index contributed by atoms with van der Waals surface area (Å²) in [7, 11) is 0. The normalized spacial score (nSPS) is 9.94. The molecule has 1 N–H and O–H groups in total. The SMILES string of the molecule is N#Cc1ccc(Cl)c(NCc2csc(Br)c2)c1. The van der Waals surface area contributed by atoms with Crippen LogP contribution in [0.4, 0.5) is 5.69 Å². The number of benzene rings is 1. The maximum absolute atomic E-state index is 8.82. The number of hydrogen-bond acceptors (Lipinski definition) is 3. The molecular formula is C12H8BrClN2S. The largest absolute Gasteiger partial charge is 0.380 e. The lowest BCUT2D eigenvalue weighted by atomic mass is 10.2. The van der Waals surface area contributed by atoms with E-state index in [0.717, 1.165) is 9.47 Å². The highest BCUT2D eigenvalue weighted by molar-refractivity contribution is 9.11. The second kappa shape index (κ2) is 5.54. The molecule has 0 atom stereocenters. The first kappa shape index (κ1) is 12.4. The van der Waals surface area contributed by atoms with E-state index in [1.165, 1.54) is 5.56 Å². The van der Waals surface area contributed by atoms with Gasteiger partial charge in [0.15, 0.2) is 0 Å². The molecular weight excluding hydrogens is 320 g/mol. The Morgan fingerprint density at radius 1 is 1.41 bits per heavy atom. The Kier molecular flexibility index (Phi) is 4.06. The van der Waals surface area contributed by atoms with Crippen LogP contribution in [-0.2, 0) is 6.54 Å². The monoisotopic (exact) mass is 326 g/mol. The first-order valence-corrected chi connectivity index (χ1v) is 6.90. The summed E-state index contributed by atoms with van der Waals surface area (Å²) >= 11 is 11.1. The highest BCUT2D eigenvalue weighted by atomic mass is 79.9. The fraction of sp³-hybridized carbons (Fsp3) is 0.0833. The average molecular weight is 328 g/mol. The van der Waals surface area contributed by atoms with Crippen LogP contribution in [0.2, 0.25) is 5.02 Å². The van der Waals surface area contributed by atoms with Gasteiger partial charge in [-0.2, -0.15) is 5.26 Å². The Morgan fingerprint density at radius 3 is 2.88 bits per heavy atom. The highest BCUT2D eigenvalue weighted by Gasteiger charge is 2.03. The Labute approximate surface area is 117 Å². The van der Waals surface area contributed by atoms with Crippen LogP contribution in [0.1, 0.15) is 11.1 Å². The van der Waals surface area contributed by atoms with Gasteiger partial charge in [-0.25, -0.2) is 0 Å². The van der Waals surface area contributed by atoms with Gasteiger partial charge >= 0.3 is 0 Å². The second-order valence-corrected chi connectivity index (χ2v) is 6.12. The predicted molar refractivity (Wildman–Crippen MR) is 75.5 cm³/mol. The number of nitrogens with zero attached hydrogens (tertiary/aromatic N) is 1. The quantitative estimate of drug-likeness (QED) is 0.891. The third kappa shape index (κ3) is 3.22. The third-order valence-electron chi connectivity index (χ3n) is 2.20. The van der Waals surface area contributed by atoms with E-state index in [0.29, 0.717) is 17.1 Å². The summed E-state index contributed by atoms with van der Waals surface area (Å²) in [6, 6.07) is 9.33. The molecule has 0 saturated heterocycles. The van der Waals surface area contributed by atoms with E-state index in [1.54, 1.807) is 29.5 Å². The van der Waals surface area contributed by atoms with Crippen LogP contribution < -0.4 is 5.32 Å². The van der Waals surface area contributed by atoms with E-state index in [4.69, 9.17) is 16.9 Å². The fourth-order valence-electron chi connectivity index (χ4n) is 1.37. The summed E-state index contributed by atoms with van der Waals surface area (Å²) in [4.78, 5) is 0. The molecule has 0 aliphatic heterocycles. The Bertz CT molecular complexity index is 574. The van der Waals surface area contributed by atoms with Crippen molar-refractivity contribution < 1.29 is 0 Å². The number of anilines is 1. The summed E-state index contributed by atoms with van der Waals surface area (Å²) in [6.07, 6.45) is 0. The van der Waals surface area contributed by atoms with Gasteiger partial charge in [-0.15, -0.1) is 11.3 Å².